The third kappa shape index (κ3) is 5.01. The average Bonchev–Trinajstić information content (AvgIpc) is 1.87. The molecular weight excluding hydrogens is 249 g/mol. The Morgan fingerprint density at radius 2 is 2.00 bits per heavy atom. The molecule has 1 N–H and O–H groups in total. The van der Waals surface area contributed by atoms with Crippen LogP contribution in [-0.2, 0) is 0 Å². The predicted molar refractivity (Wildman–Crippen MR) is 59.9 cm³/mol. The van der Waals surface area contributed by atoms with Crippen LogP contribution >= 0.6 is 22.9 Å². The molecule has 0 saturated carbocycles. The number of hydrogen-bond acceptors (Lipinski definition) is 1. The van der Waals surface area contributed by atoms with E-state index >= 15 is 0 Å². The summed E-state index contributed by atoms with van der Waals surface area (Å²) in [4.78, 5) is 0. The van der Waals surface area contributed by atoms with E-state index in [1.54, 1.807) is 0 Å². The fourth-order valence-electron chi connectivity index (χ4n) is 1.49. The first kappa shape index (κ1) is 11.7. The molecule has 0 heterocycles. The van der Waals surface area contributed by atoms with Crippen molar-refractivity contribution in [3.8, 4) is 0 Å². The summed E-state index contributed by atoms with van der Waals surface area (Å²) in [6.07, 6.45) is 2.58. The minimum absolute atomic E-state index is 0.495. The van der Waals surface area contributed by atoms with Crippen LogP contribution in [0.25, 0.3) is 0 Å². The highest BCUT2D eigenvalue weighted by atomic mass is 127. The van der Waals surface area contributed by atoms with Crippen molar-refractivity contribution >= 4 is 22.9 Å². The lowest BCUT2D eigenvalue weighted by molar-refractivity contribution is 0.252. The second-order valence-corrected chi connectivity index (χ2v) is 4.84. The van der Waals surface area contributed by atoms with Crippen molar-refractivity contribution in [1.82, 2.24) is 3.53 Å². The van der Waals surface area contributed by atoms with Crippen molar-refractivity contribution in [3.63, 3.8) is 0 Å². The lowest BCUT2D eigenvalue weighted by Gasteiger charge is -2.29. The first-order valence-corrected chi connectivity index (χ1v) is 5.45. The second kappa shape index (κ2) is 5.36. The van der Waals surface area contributed by atoms with Gasteiger partial charge in [-0.05, 0) is 24.2 Å². The van der Waals surface area contributed by atoms with Crippen LogP contribution in [0.2, 0.25) is 0 Å². The third-order valence-electron chi connectivity index (χ3n) is 2.25. The number of halogens is 1. The maximum Gasteiger partial charge on any atom is 0.0169 e. The monoisotopic (exact) mass is 269 g/mol. The van der Waals surface area contributed by atoms with Crippen LogP contribution in [0.1, 0.15) is 40.5 Å². The Morgan fingerprint density at radius 1 is 1.45 bits per heavy atom. The van der Waals surface area contributed by atoms with Gasteiger partial charge in [0.2, 0.25) is 0 Å². The zero-order valence-electron chi connectivity index (χ0n) is 8.08. The van der Waals surface area contributed by atoms with Crippen molar-refractivity contribution in [2.75, 3.05) is 6.54 Å². The average molecular weight is 269 g/mol. The summed E-state index contributed by atoms with van der Waals surface area (Å²) >= 11 is 2.23. The van der Waals surface area contributed by atoms with Crippen molar-refractivity contribution < 1.29 is 0 Å². The van der Waals surface area contributed by atoms with Crippen molar-refractivity contribution in [3.05, 3.63) is 0 Å². The molecule has 1 atom stereocenters. The number of rotatable bonds is 5. The molecule has 1 nitrogen and oxygen atoms in total. The summed E-state index contributed by atoms with van der Waals surface area (Å²) in [5.41, 5.74) is 0.495. The second-order valence-electron chi connectivity index (χ2n) is 4.07. The summed E-state index contributed by atoms with van der Waals surface area (Å²) in [7, 11) is 0. The molecule has 0 aliphatic rings. The first-order chi connectivity index (χ1) is 5.04. The van der Waals surface area contributed by atoms with Gasteiger partial charge in [0, 0.05) is 29.4 Å². The van der Waals surface area contributed by atoms with Crippen molar-refractivity contribution in [2.24, 2.45) is 11.3 Å². The molecule has 0 aromatic carbocycles. The van der Waals surface area contributed by atoms with Gasteiger partial charge in [-0.1, -0.05) is 27.7 Å². The highest BCUT2D eigenvalue weighted by Crippen LogP contribution is 2.28. The van der Waals surface area contributed by atoms with Gasteiger partial charge in [-0.15, -0.1) is 0 Å². The molecule has 0 fully saturated rings. The van der Waals surface area contributed by atoms with Crippen molar-refractivity contribution in [1.29, 1.82) is 0 Å². The van der Waals surface area contributed by atoms with Crippen LogP contribution in [0.5, 0.6) is 0 Å². The number of nitrogens with one attached hydrogen (secondary N) is 1. The SMILES string of the molecule is CCC(C)(CNI)CC(C)C. The molecule has 11 heavy (non-hydrogen) atoms. The fourth-order valence-corrected chi connectivity index (χ4v) is 2.41. The molecule has 0 amide bonds. The van der Waals surface area contributed by atoms with Gasteiger partial charge >= 0.3 is 0 Å². The molecule has 0 rings (SSSR count). The van der Waals surface area contributed by atoms with E-state index in [1.807, 2.05) is 0 Å². The Kier molecular flexibility index (Phi) is 5.69. The predicted octanol–water partition coefficient (Wildman–Crippen LogP) is 3.39. The molecule has 0 spiro atoms. The Balaban J connectivity index is 3.87. The quantitative estimate of drug-likeness (QED) is 0.596. The molecule has 2 heteroatoms. The van der Waals surface area contributed by atoms with Gasteiger partial charge in [-0.2, -0.15) is 0 Å². The Morgan fingerprint density at radius 3 is 2.27 bits per heavy atom. The van der Waals surface area contributed by atoms with E-state index in [0.717, 1.165) is 12.5 Å². The van der Waals surface area contributed by atoms with E-state index in [9.17, 15) is 0 Å². The van der Waals surface area contributed by atoms with Gasteiger partial charge in [0.15, 0.2) is 0 Å². The third-order valence-corrected chi connectivity index (χ3v) is 2.63. The van der Waals surface area contributed by atoms with E-state index in [2.05, 4.69) is 54.1 Å². The van der Waals surface area contributed by atoms with Gasteiger partial charge in [-0.3, -0.25) is 3.53 Å². The zero-order valence-corrected chi connectivity index (χ0v) is 10.2. The zero-order chi connectivity index (χ0) is 8.91. The number of hydrogen-bond donors (Lipinski definition) is 1. The van der Waals surface area contributed by atoms with E-state index in [-0.39, 0.29) is 0 Å². The molecule has 0 aliphatic heterocycles. The highest BCUT2D eigenvalue weighted by Gasteiger charge is 2.22. The van der Waals surface area contributed by atoms with E-state index in [1.165, 1.54) is 12.8 Å². The van der Waals surface area contributed by atoms with Gasteiger partial charge < -0.3 is 0 Å². The fraction of sp³-hybridized carbons (Fsp3) is 1.00. The summed E-state index contributed by atoms with van der Waals surface area (Å²) in [6, 6.07) is 0. The Hall–Kier alpha value is 0.690. The minimum Gasteiger partial charge on any atom is -0.261 e. The van der Waals surface area contributed by atoms with Crippen LogP contribution in [0.15, 0.2) is 0 Å². The molecule has 0 aromatic rings. The normalized spacial score (nSPS) is 16.9. The Bertz CT molecular complexity index is 104. The van der Waals surface area contributed by atoms with E-state index in [0.29, 0.717) is 5.41 Å². The summed E-state index contributed by atoms with van der Waals surface area (Å²) < 4.78 is 3.23. The molecule has 0 bridgehead atoms. The van der Waals surface area contributed by atoms with Crippen LogP contribution < -0.4 is 3.53 Å². The molecule has 68 valence electrons. The van der Waals surface area contributed by atoms with Crippen LogP contribution in [0.3, 0.4) is 0 Å². The maximum atomic E-state index is 3.23. The summed E-state index contributed by atoms with van der Waals surface area (Å²) in [5, 5.41) is 0. The highest BCUT2D eigenvalue weighted by molar-refractivity contribution is 14.1. The molecule has 0 radical (unpaired) electrons. The summed E-state index contributed by atoms with van der Waals surface area (Å²) in [5.74, 6) is 0.810. The van der Waals surface area contributed by atoms with Crippen LogP contribution in [0, 0.1) is 11.3 Å². The molecule has 0 aliphatic carbocycles. The van der Waals surface area contributed by atoms with E-state index in [4.69, 9.17) is 0 Å². The minimum atomic E-state index is 0.495. The molecule has 1 unspecified atom stereocenters. The van der Waals surface area contributed by atoms with Crippen LogP contribution in [0.4, 0.5) is 0 Å². The maximum absolute atomic E-state index is 3.23. The van der Waals surface area contributed by atoms with Crippen molar-refractivity contribution in [2.45, 2.75) is 40.5 Å². The smallest absolute Gasteiger partial charge is 0.0169 e. The molecule has 0 saturated heterocycles. The standard InChI is InChI=1S/C9H20IN/c1-5-9(4,7-11-10)6-8(2)3/h8,11H,5-7H2,1-4H3. The first-order valence-electron chi connectivity index (χ1n) is 4.37. The lowest BCUT2D eigenvalue weighted by atomic mass is 9.80. The van der Waals surface area contributed by atoms with Gasteiger partial charge in [0.25, 0.3) is 0 Å². The van der Waals surface area contributed by atoms with Gasteiger partial charge in [0.05, 0.1) is 0 Å². The largest absolute Gasteiger partial charge is 0.261 e. The van der Waals surface area contributed by atoms with E-state index < -0.39 is 0 Å². The topological polar surface area (TPSA) is 12.0 Å². The summed E-state index contributed by atoms with van der Waals surface area (Å²) in [6.45, 7) is 10.3. The molecular formula is C9H20IN. The van der Waals surface area contributed by atoms with Crippen LogP contribution in [-0.4, -0.2) is 6.54 Å². The lowest BCUT2D eigenvalue weighted by Crippen LogP contribution is -2.27. The Labute approximate surface area is 84.8 Å². The molecule has 0 aromatic heterocycles. The van der Waals surface area contributed by atoms with Gasteiger partial charge in [-0.25, -0.2) is 0 Å². The van der Waals surface area contributed by atoms with Gasteiger partial charge in [0.1, 0.15) is 0 Å².